The summed E-state index contributed by atoms with van der Waals surface area (Å²) in [5.41, 5.74) is 0. The first-order valence-electron chi connectivity index (χ1n) is 3.09. The summed E-state index contributed by atoms with van der Waals surface area (Å²) < 4.78 is 9.87. The van der Waals surface area contributed by atoms with Gasteiger partial charge in [-0.1, -0.05) is 19.8 Å². The Labute approximate surface area is 51.9 Å². The molecule has 0 aliphatic heterocycles. The summed E-state index contributed by atoms with van der Waals surface area (Å²) >= 11 is 0. The third-order valence-corrected chi connectivity index (χ3v) is 1.46. The Balaban J connectivity index is 2.62. The molecule has 1 unspecified atom stereocenters. The van der Waals surface area contributed by atoms with Crippen LogP contribution < -0.4 is 5.09 Å². The van der Waals surface area contributed by atoms with Crippen molar-refractivity contribution in [2.75, 3.05) is 6.54 Å². The molecule has 2 nitrogen and oxygen atoms in total. The second-order valence-electron chi connectivity index (χ2n) is 1.78. The van der Waals surface area contributed by atoms with Crippen molar-refractivity contribution in [3.05, 3.63) is 0 Å². The minimum atomic E-state index is -0.722. The van der Waals surface area contributed by atoms with Crippen molar-refractivity contribution in [3.8, 4) is 0 Å². The van der Waals surface area contributed by atoms with Crippen LogP contribution in [0.15, 0.2) is 0 Å². The molecule has 0 aromatic heterocycles. The van der Waals surface area contributed by atoms with Crippen molar-refractivity contribution in [1.29, 1.82) is 0 Å². The summed E-state index contributed by atoms with van der Waals surface area (Å²) in [6, 6.07) is 0. The van der Waals surface area contributed by atoms with Gasteiger partial charge in [-0.2, -0.15) is 0 Å². The highest BCUT2D eigenvalue weighted by Crippen LogP contribution is 1.92. The normalized spacial score (nSPS) is 11.1. The number of nitrogens with one attached hydrogen (secondary N) is 1. The van der Waals surface area contributed by atoms with Crippen LogP contribution in [0.25, 0.3) is 0 Å². The monoisotopic (exact) mass is 135 g/mol. The number of hydrogen-bond donors (Lipinski definition) is 1. The van der Waals surface area contributed by atoms with Gasteiger partial charge in [0.15, 0.2) is 0 Å². The maximum Gasteiger partial charge on any atom is 0.124 e. The molecule has 0 saturated carbocycles. The minimum Gasteiger partial charge on any atom is -0.313 e. The summed E-state index contributed by atoms with van der Waals surface area (Å²) in [5.74, 6) is 0. The fraction of sp³-hybridized carbons (Fsp3) is 1.00. The van der Waals surface area contributed by atoms with Crippen molar-refractivity contribution < 1.29 is 4.57 Å². The van der Waals surface area contributed by atoms with E-state index in [2.05, 4.69) is 12.0 Å². The van der Waals surface area contributed by atoms with Crippen LogP contribution in [0.5, 0.6) is 0 Å². The van der Waals surface area contributed by atoms with Gasteiger partial charge in [0, 0.05) is 6.54 Å². The van der Waals surface area contributed by atoms with Crippen LogP contribution in [0, 0.1) is 0 Å². The summed E-state index contributed by atoms with van der Waals surface area (Å²) in [7, 11) is -0.722. The van der Waals surface area contributed by atoms with E-state index in [1.807, 2.05) is 0 Å². The van der Waals surface area contributed by atoms with Crippen molar-refractivity contribution in [2.24, 2.45) is 0 Å². The lowest BCUT2D eigenvalue weighted by Gasteiger charge is -1.93. The topological polar surface area (TPSA) is 29.1 Å². The first-order chi connectivity index (χ1) is 3.91. The molecule has 0 amide bonds. The molecule has 0 aliphatic rings. The van der Waals surface area contributed by atoms with Gasteiger partial charge >= 0.3 is 0 Å². The standard InChI is InChI=1S/C5H14NOP/c1-2-3-4-5-6-8-7/h2-5,8H2,1H3,(H,6,7). The lowest BCUT2D eigenvalue weighted by molar-refractivity contribution is 0.588. The van der Waals surface area contributed by atoms with Gasteiger partial charge < -0.3 is 4.57 Å². The summed E-state index contributed by atoms with van der Waals surface area (Å²) in [6.07, 6.45) is 3.63. The SMILES string of the molecule is CCCCCN[PH2]=O. The molecular formula is C5H14NOP. The molecule has 8 heavy (non-hydrogen) atoms. The minimum absolute atomic E-state index is 0.722. The second-order valence-corrected chi connectivity index (χ2v) is 2.42. The first-order valence-corrected chi connectivity index (χ1v) is 4.13. The molecule has 0 saturated heterocycles. The van der Waals surface area contributed by atoms with E-state index in [9.17, 15) is 4.57 Å². The maximum atomic E-state index is 9.87. The molecule has 0 radical (unpaired) electrons. The van der Waals surface area contributed by atoms with Gasteiger partial charge in [0.2, 0.25) is 0 Å². The first kappa shape index (κ1) is 8.19. The van der Waals surface area contributed by atoms with Gasteiger partial charge in [-0.05, 0) is 6.42 Å². The summed E-state index contributed by atoms with van der Waals surface area (Å²) in [6.45, 7) is 3.08. The van der Waals surface area contributed by atoms with Gasteiger partial charge in [0.05, 0.1) is 0 Å². The zero-order chi connectivity index (χ0) is 6.24. The Kier molecular flexibility index (Phi) is 7.36. The van der Waals surface area contributed by atoms with Crippen molar-refractivity contribution >= 4 is 8.61 Å². The van der Waals surface area contributed by atoms with Gasteiger partial charge in [0.1, 0.15) is 8.61 Å². The van der Waals surface area contributed by atoms with E-state index in [0.717, 1.165) is 13.0 Å². The third kappa shape index (κ3) is 6.19. The van der Waals surface area contributed by atoms with Gasteiger partial charge in [-0.25, -0.2) is 0 Å². The molecule has 0 fully saturated rings. The number of hydrogen-bond acceptors (Lipinski definition) is 1. The molecule has 0 aliphatic carbocycles. The predicted octanol–water partition coefficient (Wildman–Crippen LogP) is 1.44. The van der Waals surface area contributed by atoms with Crippen LogP contribution >= 0.6 is 8.61 Å². The molecule has 1 N–H and O–H groups in total. The van der Waals surface area contributed by atoms with Crippen LogP contribution in [-0.4, -0.2) is 6.54 Å². The van der Waals surface area contributed by atoms with Crippen LogP contribution in [0.1, 0.15) is 26.2 Å². The largest absolute Gasteiger partial charge is 0.313 e. The van der Waals surface area contributed by atoms with E-state index >= 15 is 0 Å². The lowest BCUT2D eigenvalue weighted by atomic mass is 10.3. The third-order valence-electron chi connectivity index (χ3n) is 1.01. The van der Waals surface area contributed by atoms with E-state index in [1.54, 1.807) is 0 Å². The molecule has 1 atom stereocenters. The Morgan fingerprint density at radius 2 is 2.25 bits per heavy atom. The Bertz CT molecular complexity index is 58.4. The van der Waals surface area contributed by atoms with Crippen molar-refractivity contribution in [3.63, 3.8) is 0 Å². The highest BCUT2D eigenvalue weighted by Gasteiger charge is 1.81. The maximum absolute atomic E-state index is 9.87. The Hall–Kier alpha value is 0.190. The van der Waals surface area contributed by atoms with E-state index in [1.165, 1.54) is 12.8 Å². The van der Waals surface area contributed by atoms with E-state index < -0.39 is 8.61 Å². The fourth-order valence-corrected chi connectivity index (χ4v) is 0.858. The fourth-order valence-electron chi connectivity index (χ4n) is 0.536. The zero-order valence-corrected chi connectivity index (χ0v) is 6.47. The van der Waals surface area contributed by atoms with Crippen LogP contribution in [0.3, 0.4) is 0 Å². The molecule has 3 heteroatoms. The average Bonchev–Trinajstić information content (AvgIpc) is 1.81. The molecule has 0 aromatic carbocycles. The van der Waals surface area contributed by atoms with Crippen molar-refractivity contribution in [2.45, 2.75) is 26.2 Å². The highest BCUT2D eigenvalue weighted by molar-refractivity contribution is 7.21. The van der Waals surface area contributed by atoms with Crippen molar-refractivity contribution in [1.82, 2.24) is 5.09 Å². The average molecular weight is 135 g/mol. The van der Waals surface area contributed by atoms with Crippen LogP contribution in [-0.2, 0) is 4.57 Å². The van der Waals surface area contributed by atoms with E-state index in [-0.39, 0.29) is 0 Å². The zero-order valence-electron chi connectivity index (χ0n) is 5.31. The number of unbranched alkanes of at least 4 members (excludes halogenated alkanes) is 2. The van der Waals surface area contributed by atoms with Crippen LogP contribution in [0.2, 0.25) is 0 Å². The van der Waals surface area contributed by atoms with Gasteiger partial charge in [-0.3, -0.25) is 5.09 Å². The van der Waals surface area contributed by atoms with E-state index in [0.29, 0.717) is 0 Å². The molecule has 50 valence electrons. The summed E-state index contributed by atoms with van der Waals surface area (Å²) in [5, 5.41) is 2.81. The lowest BCUT2D eigenvalue weighted by Crippen LogP contribution is -1.99. The second kappa shape index (κ2) is 7.19. The molecule has 0 rings (SSSR count). The van der Waals surface area contributed by atoms with Gasteiger partial charge in [0.25, 0.3) is 0 Å². The molecular weight excluding hydrogens is 121 g/mol. The quantitative estimate of drug-likeness (QED) is 0.456. The molecule has 0 aromatic rings. The van der Waals surface area contributed by atoms with Gasteiger partial charge in [-0.15, -0.1) is 0 Å². The summed E-state index contributed by atoms with van der Waals surface area (Å²) in [4.78, 5) is 0. The Morgan fingerprint density at radius 3 is 2.75 bits per heavy atom. The highest BCUT2D eigenvalue weighted by atomic mass is 31.1. The predicted molar refractivity (Wildman–Crippen MR) is 37.9 cm³/mol. The molecule has 0 bridgehead atoms. The smallest absolute Gasteiger partial charge is 0.124 e. The molecule has 0 heterocycles. The van der Waals surface area contributed by atoms with Crippen LogP contribution in [0.4, 0.5) is 0 Å². The van der Waals surface area contributed by atoms with E-state index in [4.69, 9.17) is 0 Å². The molecule has 0 spiro atoms. The Morgan fingerprint density at radius 1 is 1.50 bits per heavy atom. The number of rotatable bonds is 5.